The van der Waals surface area contributed by atoms with Crippen LogP contribution < -0.4 is 10.1 Å². The fourth-order valence-corrected chi connectivity index (χ4v) is 3.13. The van der Waals surface area contributed by atoms with E-state index in [4.69, 9.17) is 16.3 Å². The van der Waals surface area contributed by atoms with Gasteiger partial charge in [-0.2, -0.15) is 0 Å². The summed E-state index contributed by atoms with van der Waals surface area (Å²) in [6, 6.07) is 13.0. The van der Waals surface area contributed by atoms with Crippen LogP contribution >= 0.6 is 11.6 Å². The maximum Gasteiger partial charge on any atom is 0.133 e. The number of nitrogens with one attached hydrogen (secondary N) is 1. The largest absolute Gasteiger partial charge is 0.488 e. The molecule has 0 aromatic heterocycles. The molecule has 1 aliphatic heterocycles. The van der Waals surface area contributed by atoms with Crippen molar-refractivity contribution < 1.29 is 9.84 Å². The van der Waals surface area contributed by atoms with E-state index in [-0.39, 0.29) is 6.04 Å². The Morgan fingerprint density at radius 1 is 1.24 bits per heavy atom. The van der Waals surface area contributed by atoms with E-state index in [0.29, 0.717) is 17.4 Å². The lowest BCUT2D eigenvalue weighted by atomic mass is 9.79. The van der Waals surface area contributed by atoms with Crippen LogP contribution in [0.15, 0.2) is 42.5 Å². The number of fused-ring (bicyclic) bond motifs is 2. The Hall–Kier alpha value is -1.55. The Kier molecular flexibility index (Phi) is 3.66. The first-order valence-corrected chi connectivity index (χ1v) is 7.36. The average molecular weight is 304 g/mol. The number of hydrogen-bond donors (Lipinski definition) is 2. The molecule has 2 aromatic rings. The number of halogens is 1. The van der Waals surface area contributed by atoms with Gasteiger partial charge in [-0.3, -0.25) is 0 Å². The minimum atomic E-state index is -1.16. The molecule has 2 atom stereocenters. The summed E-state index contributed by atoms with van der Waals surface area (Å²) < 4.78 is 5.87. The van der Waals surface area contributed by atoms with Crippen LogP contribution in [0.1, 0.15) is 23.6 Å². The van der Waals surface area contributed by atoms with Crippen LogP contribution in [0.2, 0.25) is 5.02 Å². The van der Waals surface area contributed by atoms with Crippen LogP contribution in [0.4, 0.5) is 0 Å². The van der Waals surface area contributed by atoms with Gasteiger partial charge in [0, 0.05) is 16.6 Å². The topological polar surface area (TPSA) is 41.5 Å². The zero-order valence-electron chi connectivity index (χ0n) is 12.1. The Morgan fingerprint density at radius 3 is 2.76 bits per heavy atom. The third-order valence-electron chi connectivity index (χ3n) is 4.22. The minimum absolute atomic E-state index is 0.180. The quantitative estimate of drug-likeness (QED) is 0.896. The van der Waals surface area contributed by atoms with E-state index < -0.39 is 5.60 Å². The molecule has 1 aliphatic rings. The van der Waals surface area contributed by atoms with Crippen molar-refractivity contribution in [2.75, 3.05) is 7.05 Å². The lowest BCUT2D eigenvalue weighted by Gasteiger charge is -2.35. The van der Waals surface area contributed by atoms with Gasteiger partial charge in [0.25, 0.3) is 0 Å². The summed E-state index contributed by atoms with van der Waals surface area (Å²) in [6.45, 7) is 2.35. The van der Waals surface area contributed by atoms with Gasteiger partial charge < -0.3 is 15.2 Å². The molecular formula is C17H18ClNO2. The molecular weight excluding hydrogens is 286 g/mol. The molecule has 0 saturated heterocycles. The van der Waals surface area contributed by atoms with E-state index in [2.05, 4.69) is 5.32 Å². The summed E-state index contributed by atoms with van der Waals surface area (Å²) in [6.07, 6.45) is 0. The molecule has 0 fully saturated rings. The molecule has 0 spiro atoms. The summed E-state index contributed by atoms with van der Waals surface area (Å²) in [4.78, 5) is 0. The number of aliphatic hydroxyl groups is 1. The summed E-state index contributed by atoms with van der Waals surface area (Å²) in [5.74, 6) is 0.703. The zero-order chi connectivity index (χ0) is 15.0. The fraction of sp³-hybridized carbons (Fsp3) is 0.294. The van der Waals surface area contributed by atoms with E-state index >= 15 is 0 Å². The summed E-state index contributed by atoms with van der Waals surface area (Å²) in [5.41, 5.74) is 1.34. The molecule has 110 valence electrons. The van der Waals surface area contributed by atoms with Crippen molar-refractivity contribution in [3.05, 3.63) is 64.2 Å². The Balaban J connectivity index is 2.30. The summed E-state index contributed by atoms with van der Waals surface area (Å²) in [5, 5.41) is 15.3. The summed E-state index contributed by atoms with van der Waals surface area (Å²) in [7, 11) is 1.84. The number of ether oxygens (including phenoxy) is 1. The van der Waals surface area contributed by atoms with Crippen LogP contribution in [0.5, 0.6) is 5.75 Å². The highest BCUT2D eigenvalue weighted by atomic mass is 35.5. The first kappa shape index (κ1) is 14.4. The molecule has 0 aliphatic carbocycles. The second-order valence-electron chi connectivity index (χ2n) is 5.36. The zero-order valence-corrected chi connectivity index (χ0v) is 12.8. The van der Waals surface area contributed by atoms with Crippen LogP contribution in [0, 0.1) is 0 Å². The maximum atomic E-state index is 11.5. The normalized spacial score (nSPS) is 21.7. The van der Waals surface area contributed by atoms with Gasteiger partial charge in [0.1, 0.15) is 18.0 Å². The lowest BCUT2D eigenvalue weighted by molar-refractivity contribution is 0.0461. The second-order valence-corrected chi connectivity index (χ2v) is 5.80. The first-order chi connectivity index (χ1) is 10.1. The van der Waals surface area contributed by atoms with Crippen molar-refractivity contribution >= 4 is 11.6 Å². The Morgan fingerprint density at radius 2 is 2.00 bits per heavy atom. The first-order valence-electron chi connectivity index (χ1n) is 6.98. The number of para-hydroxylation sites is 1. The Labute approximate surface area is 129 Å². The molecule has 3 rings (SSSR count). The van der Waals surface area contributed by atoms with Gasteiger partial charge >= 0.3 is 0 Å². The predicted octanol–water partition coefficient (Wildman–Crippen LogP) is 3.08. The van der Waals surface area contributed by atoms with E-state index in [1.54, 1.807) is 0 Å². The highest BCUT2D eigenvalue weighted by Gasteiger charge is 2.42. The predicted molar refractivity (Wildman–Crippen MR) is 83.7 cm³/mol. The third-order valence-corrected chi connectivity index (χ3v) is 4.45. The minimum Gasteiger partial charge on any atom is -0.488 e. The van der Waals surface area contributed by atoms with E-state index in [1.165, 1.54) is 0 Å². The van der Waals surface area contributed by atoms with Crippen LogP contribution in [-0.2, 0) is 12.2 Å². The van der Waals surface area contributed by atoms with Crippen molar-refractivity contribution in [1.82, 2.24) is 5.32 Å². The second kappa shape index (κ2) is 5.34. The van der Waals surface area contributed by atoms with Gasteiger partial charge in [-0.15, -0.1) is 0 Å². The van der Waals surface area contributed by atoms with Gasteiger partial charge in [-0.25, -0.2) is 0 Å². The molecule has 2 aromatic carbocycles. The number of likely N-dealkylation sites (N-methyl/N-ethyl adjacent to an activating group) is 1. The third kappa shape index (κ3) is 2.22. The SMILES string of the molecule is CNC(C)C1(O)c2ccc(Cl)cc2COc2ccccc21. The lowest BCUT2D eigenvalue weighted by Crippen LogP contribution is -2.46. The fourth-order valence-electron chi connectivity index (χ4n) is 2.94. The van der Waals surface area contributed by atoms with Crippen LogP contribution in [0.3, 0.4) is 0 Å². The molecule has 3 nitrogen and oxygen atoms in total. The van der Waals surface area contributed by atoms with Crippen LogP contribution in [0.25, 0.3) is 0 Å². The summed E-state index contributed by atoms with van der Waals surface area (Å²) >= 11 is 6.09. The number of rotatable bonds is 2. The maximum absolute atomic E-state index is 11.5. The highest BCUT2D eigenvalue weighted by molar-refractivity contribution is 6.30. The molecule has 2 unspecified atom stereocenters. The van der Waals surface area contributed by atoms with Crippen molar-refractivity contribution in [1.29, 1.82) is 0 Å². The van der Waals surface area contributed by atoms with Gasteiger partial charge in [0.15, 0.2) is 0 Å². The van der Waals surface area contributed by atoms with Crippen molar-refractivity contribution in [2.45, 2.75) is 25.2 Å². The average Bonchev–Trinajstić information content (AvgIpc) is 2.63. The molecule has 21 heavy (non-hydrogen) atoms. The van der Waals surface area contributed by atoms with Crippen molar-refractivity contribution in [2.24, 2.45) is 0 Å². The van der Waals surface area contributed by atoms with Gasteiger partial charge in [-0.1, -0.05) is 35.9 Å². The number of hydrogen-bond acceptors (Lipinski definition) is 3. The van der Waals surface area contributed by atoms with Crippen LogP contribution in [-0.4, -0.2) is 18.2 Å². The van der Waals surface area contributed by atoms with Gasteiger partial charge in [-0.05, 0) is 43.3 Å². The number of benzene rings is 2. The smallest absolute Gasteiger partial charge is 0.133 e. The van der Waals surface area contributed by atoms with Gasteiger partial charge in [0.2, 0.25) is 0 Å². The standard InChI is InChI=1S/C17H18ClNO2/c1-11(19-2)17(20)14-8-7-13(18)9-12(14)10-21-16-6-4-3-5-15(16)17/h3-9,11,19-20H,10H2,1-2H3. The van der Waals surface area contributed by atoms with Crippen molar-refractivity contribution in [3.8, 4) is 5.75 Å². The molecule has 0 amide bonds. The molecule has 0 saturated carbocycles. The van der Waals surface area contributed by atoms with Crippen molar-refractivity contribution in [3.63, 3.8) is 0 Å². The molecule has 1 heterocycles. The molecule has 2 N–H and O–H groups in total. The van der Waals surface area contributed by atoms with E-state index in [1.807, 2.05) is 56.4 Å². The van der Waals surface area contributed by atoms with E-state index in [9.17, 15) is 5.11 Å². The van der Waals surface area contributed by atoms with E-state index in [0.717, 1.165) is 16.7 Å². The van der Waals surface area contributed by atoms with Gasteiger partial charge in [0.05, 0.1) is 0 Å². The highest BCUT2D eigenvalue weighted by Crippen LogP contribution is 2.43. The molecule has 0 bridgehead atoms. The Bertz CT molecular complexity index is 674. The molecule has 0 radical (unpaired) electrons. The monoisotopic (exact) mass is 303 g/mol. The molecule has 4 heteroatoms.